The first-order valence-electron chi connectivity index (χ1n) is 8.28. The highest BCUT2D eigenvalue weighted by Gasteiger charge is 2.08. The normalized spacial score (nSPS) is 11.2. The van der Waals surface area contributed by atoms with E-state index >= 15 is 0 Å². The Morgan fingerprint density at radius 1 is 1.31 bits per heavy atom. The summed E-state index contributed by atoms with van der Waals surface area (Å²) >= 11 is 0. The SMILES string of the molecule is COc1ccccc1/C=C/C(=O)NCCc1nc2cc(F)ccc2n1C. The van der Waals surface area contributed by atoms with Crippen LogP contribution >= 0.6 is 0 Å². The lowest BCUT2D eigenvalue weighted by molar-refractivity contribution is -0.116. The van der Waals surface area contributed by atoms with Gasteiger partial charge in [-0.3, -0.25) is 4.79 Å². The number of aryl methyl sites for hydroxylation is 1. The molecule has 1 heterocycles. The number of para-hydroxylation sites is 1. The lowest BCUT2D eigenvalue weighted by Gasteiger charge is -2.05. The first-order chi connectivity index (χ1) is 12.6. The zero-order chi connectivity index (χ0) is 18.5. The van der Waals surface area contributed by atoms with Gasteiger partial charge in [-0.1, -0.05) is 18.2 Å². The van der Waals surface area contributed by atoms with Crippen molar-refractivity contribution in [2.45, 2.75) is 6.42 Å². The van der Waals surface area contributed by atoms with E-state index in [9.17, 15) is 9.18 Å². The summed E-state index contributed by atoms with van der Waals surface area (Å²) in [4.78, 5) is 16.4. The molecule has 1 amide bonds. The van der Waals surface area contributed by atoms with Crippen molar-refractivity contribution in [1.29, 1.82) is 0 Å². The summed E-state index contributed by atoms with van der Waals surface area (Å²) in [5.74, 6) is 1.00. The van der Waals surface area contributed by atoms with Crippen molar-refractivity contribution in [2.24, 2.45) is 7.05 Å². The van der Waals surface area contributed by atoms with Crippen LogP contribution in [0.2, 0.25) is 0 Å². The maximum absolute atomic E-state index is 13.3. The van der Waals surface area contributed by atoms with Crippen LogP contribution in [0.1, 0.15) is 11.4 Å². The van der Waals surface area contributed by atoms with Gasteiger partial charge in [0.15, 0.2) is 0 Å². The van der Waals surface area contributed by atoms with Crippen molar-refractivity contribution in [2.75, 3.05) is 13.7 Å². The number of nitrogens with one attached hydrogen (secondary N) is 1. The molecule has 0 aliphatic carbocycles. The van der Waals surface area contributed by atoms with Crippen molar-refractivity contribution < 1.29 is 13.9 Å². The summed E-state index contributed by atoms with van der Waals surface area (Å²) in [6.07, 6.45) is 3.75. The number of rotatable bonds is 6. The molecule has 0 spiro atoms. The minimum absolute atomic E-state index is 0.194. The number of imidazole rings is 1. The fraction of sp³-hybridized carbons (Fsp3) is 0.200. The molecule has 6 heteroatoms. The quantitative estimate of drug-likeness (QED) is 0.693. The third-order valence-electron chi connectivity index (χ3n) is 4.14. The Morgan fingerprint density at radius 3 is 2.92 bits per heavy atom. The van der Waals surface area contributed by atoms with Gasteiger partial charge >= 0.3 is 0 Å². The Kier molecular flexibility index (Phi) is 5.31. The minimum Gasteiger partial charge on any atom is -0.496 e. The fourth-order valence-electron chi connectivity index (χ4n) is 2.77. The second-order valence-corrected chi connectivity index (χ2v) is 5.84. The molecular weight excluding hydrogens is 333 g/mol. The molecule has 0 atom stereocenters. The molecule has 0 aliphatic rings. The van der Waals surface area contributed by atoms with Crippen LogP contribution in [0.5, 0.6) is 5.75 Å². The Balaban J connectivity index is 1.59. The van der Waals surface area contributed by atoms with Crippen molar-refractivity contribution in [3.63, 3.8) is 0 Å². The number of nitrogens with zero attached hydrogens (tertiary/aromatic N) is 2. The van der Waals surface area contributed by atoms with Crippen LogP contribution in [0.4, 0.5) is 4.39 Å². The van der Waals surface area contributed by atoms with Crippen molar-refractivity contribution >= 4 is 23.0 Å². The molecule has 1 N–H and O–H groups in total. The molecule has 0 fully saturated rings. The molecule has 5 nitrogen and oxygen atoms in total. The highest BCUT2D eigenvalue weighted by Crippen LogP contribution is 2.18. The third-order valence-corrected chi connectivity index (χ3v) is 4.14. The van der Waals surface area contributed by atoms with Gasteiger partial charge in [-0.25, -0.2) is 9.37 Å². The molecule has 3 rings (SSSR count). The number of amides is 1. The van der Waals surface area contributed by atoms with Crippen LogP contribution in [-0.4, -0.2) is 29.1 Å². The summed E-state index contributed by atoms with van der Waals surface area (Å²) in [7, 11) is 3.47. The molecule has 26 heavy (non-hydrogen) atoms. The lowest BCUT2D eigenvalue weighted by atomic mass is 10.2. The van der Waals surface area contributed by atoms with E-state index in [1.807, 2.05) is 35.9 Å². The summed E-state index contributed by atoms with van der Waals surface area (Å²) in [5, 5.41) is 2.83. The molecule has 134 valence electrons. The smallest absolute Gasteiger partial charge is 0.244 e. The molecule has 0 radical (unpaired) electrons. The Labute approximate surface area is 151 Å². The van der Waals surface area contributed by atoms with E-state index in [1.165, 1.54) is 18.2 Å². The number of aromatic nitrogens is 2. The lowest BCUT2D eigenvalue weighted by Crippen LogP contribution is -2.24. The first kappa shape index (κ1) is 17.7. The Hall–Kier alpha value is -3.15. The summed E-state index contributed by atoms with van der Waals surface area (Å²) in [6.45, 7) is 0.439. The number of ether oxygens (including phenoxy) is 1. The predicted molar refractivity (Wildman–Crippen MR) is 99.4 cm³/mol. The maximum atomic E-state index is 13.3. The molecule has 1 aromatic heterocycles. The van der Waals surface area contributed by atoms with Gasteiger partial charge in [-0.05, 0) is 24.3 Å². The maximum Gasteiger partial charge on any atom is 0.244 e. The van der Waals surface area contributed by atoms with E-state index in [4.69, 9.17) is 4.74 Å². The standard InChI is InChI=1S/C20H20FN3O2/c1-24-17-9-8-15(21)13-16(17)23-19(24)11-12-22-20(25)10-7-14-5-3-4-6-18(14)26-2/h3-10,13H,11-12H2,1-2H3,(H,22,25)/b10-7+. The summed E-state index contributed by atoms with van der Waals surface area (Å²) < 4.78 is 20.4. The number of hydrogen-bond donors (Lipinski definition) is 1. The largest absolute Gasteiger partial charge is 0.496 e. The van der Waals surface area contributed by atoms with Crippen LogP contribution in [0.3, 0.4) is 0 Å². The van der Waals surface area contributed by atoms with Crippen LogP contribution in [0.15, 0.2) is 48.5 Å². The van der Waals surface area contributed by atoms with Crippen LogP contribution in [0, 0.1) is 5.82 Å². The van der Waals surface area contributed by atoms with Gasteiger partial charge in [0.05, 0.1) is 18.1 Å². The van der Waals surface area contributed by atoms with E-state index < -0.39 is 0 Å². The number of carbonyl (C=O) groups is 1. The summed E-state index contributed by atoms with van der Waals surface area (Å²) in [6, 6.07) is 12.0. The van der Waals surface area contributed by atoms with E-state index in [0.29, 0.717) is 24.2 Å². The Morgan fingerprint density at radius 2 is 2.12 bits per heavy atom. The molecule has 0 saturated carbocycles. The zero-order valence-electron chi connectivity index (χ0n) is 14.7. The number of carbonyl (C=O) groups excluding carboxylic acids is 1. The van der Waals surface area contributed by atoms with Crippen LogP contribution < -0.4 is 10.1 Å². The first-order valence-corrected chi connectivity index (χ1v) is 8.28. The second-order valence-electron chi connectivity index (χ2n) is 5.84. The average molecular weight is 353 g/mol. The van der Waals surface area contributed by atoms with Gasteiger partial charge in [0, 0.05) is 37.7 Å². The molecule has 3 aromatic rings. The zero-order valence-corrected chi connectivity index (χ0v) is 14.7. The van der Waals surface area contributed by atoms with Crippen molar-refractivity contribution in [3.8, 4) is 5.75 Å². The number of fused-ring (bicyclic) bond motifs is 1. The van der Waals surface area contributed by atoms with E-state index in [2.05, 4.69) is 10.3 Å². The Bertz CT molecular complexity index is 963. The van der Waals surface area contributed by atoms with E-state index in [1.54, 1.807) is 19.3 Å². The highest BCUT2D eigenvalue weighted by molar-refractivity contribution is 5.92. The summed E-state index contributed by atoms with van der Waals surface area (Å²) in [5.41, 5.74) is 2.32. The average Bonchev–Trinajstić information content (AvgIpc) is 2.95. The molecular formula is C20H20FN3O2. The predicted octanol–water partition coefficient (Wildman–Crippen LogP) is 3.09. The van der Waals surface area contributed by atoms with Gasteiger partial charge in [-0.15, -0.1) is 0 Å². The molecule has 0 aliphatic heterocycles. The van der Waals surface area contributed by atoms with Crippen molar-refractivity contribution in [3.05, 3.63) is 65.7 Å². The van der Waals surface area contributed by atoms with Gasteiger partial charge in [-0.2, -0.15) is 0 Å². The van der Waals surface area contributed by atoms with E-state index in [0.717, 1.165) is 16.9 Å². The fourth-order valence-corrected chi connectivity index (χ4v) is 2.77. The van der Waals surface area contributed by atoms with Crippen LogP contribution in [-0.2, 0) is 18.3 Å². The molecule has 0 unspecified atom stereocenters. The second kappa shape index (κ2) is 7.82. The number of benzene rings is 2. The van der Waals surface area contributed by atoms with Gasteiger partial charge < -0.3 is 14.6 Å². The van der Waals surface area contributed by atoms with Gasteiger partial charge in [0.25, 0.3) is 0 Å². The minimum atomic E-state index is -0.308. The number of halogens is 1. The van der Waals surface area contributed by atoms with Crippen molar-refractivity contribution in [1.82, 2.24) is 14.9 Å². The van der Waals surface area contributed by atoms with Gasteiger partial charge in [0.1, 0.15) is 17.4 Å². The number of hydrogen-bond acceptors (Lipinski definition) is 3. The van der Waals surface area contributed by atoms with Gasteiger partial charge in [0.2, 0.25) is 5.91 Å². The monoisotopic (exact) mass is 353 g/mol. The third kappa shape index (κ3) is 3.91. The van der Waals surface area contributed by atoms with Crippen LogP contribution in [0.25, 0.3) is 17.1 Å². The highest BCUT2D eigenvalue weighted by atomic mass is 19.1. The topological polar surface area (TPSA) is 56.1 Å². The van der Waals surface area contributed by atoms with E-state index in [-0.39, 0.29) is 11.7 Å². The molecule has 2 aromatic carbocycles. The number of methoxy groups -OCH3 is 1. The molecule has 0 bridgehead atoms. The molecule has 0 saturated heterocycles.